The average Bonchev–Trinajstić information content (AvgIpc) is 2.20. The van der Waals surface area contributed by atoms with E-state index in [0.717, 1.165) is 5.56 Å². The minimum Gasteiger partial charge on any atom is -0.395 e. The molecule has 13 heavy (non-hydrogen) atoms. The molecule has 0 radical (unpaired) electrons. The topological polar surface area (TPSA) is 46.2 Å². The number of benzene rings is 1. The van der Waals surface area contributed by atoms with E-state index in [9.17, 15) is 0 Å². The number of aliphatic hydroxyl groups excluding tert-OH is 1. The van der Waals surface area contributed by atoms with Crippen LogP contribution >= 0.6 is 0 Å². The smallest absolute Gasteiger partial charge is 0.0591 e. The summed E-state index contributed by atoms with van der Waals surface area (Å²) in [7, 11) is 0. The molecule has 2 atom stereocenters. The first kappa shape index (κ1) is 9.96. The third kappa shape index (κ3) is 2.41. The molecule has 0 saturated carbocycles. The van der Waals surface area contributed by atoms with Gasteiger partial charge in [0.2, 0.25) is 0 Å². The van der Waals surface area contributed by atoms with E-state index < -0.39 is 0 Å². The number of rotatable bonds is 4. The van der Waals surface area contributed by atoms with Gasteiger partial charge in [-0.25, -0.2) is 0 Å². The highest BCUT2D eigenvalue weighted by Crippen LogP contribution is 2.18. The van der Waals surface area contributed by atoms with Crippen LogP contribution in [0.25, 0.3) is 0 Å². The van der Waals surface area contributed by atoms with E-state index in [1.54, 1.807) is 6.08 Å². The molecule has 1 aromatic carbocycles. The number of hydrogen-bond donors (Lipinski definition) is 2. The molecule has 1 aromatic rings. The summed E-state index contributed by atoms with van der Waals surface area (Å²) in [6.45, 7) is 3.69. The lowest BCUT2D eigenvalue weighted by molar-refractivity contribution is 0.257. The van der Waals surface area contributed by atoms with Crippen LogP contribution in [0.2, 0.25) is 0 Å². The van der Waals surface area contributed by atoms with E-state index in [-0.39, 0.29) is 18.6 Å². The fourth-order valence-electron chi connectivity index (χ4n) is 1.35. The molecule has 2 heteroatoms. The molecule has 0 amide bonds. The van der Waals surface area contributed by atoms with Gasteiger partial charge in [0.15, 0.2) is 0 Å². The van der Waals surface area contributed by atoms with Gasteiger partial charge < -0.3 is 10.8 Å². The summed E-state index contributed by atoms with van der Waals surface area (Å²) >= 11 is 0. The molecule has 0 aliphatic rings. The van der Waals surface area contributed by atoms with E-state index in [4.69, 9.17) is 10.8 Å². The first-order valence-corrected chi connectivity index (χ1v) is 4.33. The normalized spacial score (nSPS) is 14.9. The summed E-state index contributed by atoms with van der Waals surface area (Å²) in [6, 6.07) is 9.57. The second-order valence-corrected chi connectivity index (χ2v) is 3.02. The Morgan fingerprint density at radius 2 is 2.00 bits per heavy atom. The van der Waals surface area contributed by atoms with Gasteiger partial charge >= 0.3 is 0 Å². The Kier molecular flexibility index (Phi) is 3.68. The highest BCUT2D eigenvalue weighted by Gasteiger charge is 2.14. The fraction of sp³-hybridized carbons (Fsp3) is 0.273. The van der Waals surface area contributed by atoms with E-state index in [1.165, 1.54) is 0 Å². The van der Waals surface area contributed by atoms with Gasteiger partial charge in [-0.15, -0.1) is 6.58 Å². The van der Waals surface area contributed by atoms with E-state index >= 15 is 0 Å². The van der Waals surface area contributed by atoms with Crippen molar-refractivity contribution in [3.05, 3.63) is 48.6 Å². The lowest BCUT2D eigenvalue weighted by atomic mass is 9.93. The van der Waals surface area contributed by atoms with Crippen LogP contribution < -0.4 is 5.73 Å². The van der Waals surface area contributed by atoms with Crippen LogP contribution in [-0.4, -0.2) is 17.8 Å². The van der Waals surface area contributed by atoms with Crippen LogP contribution in [0.1, 0.15) is 11.5 Å². The zero-order chi connectivity index (χ0) is 9.68. The number of hydrogen-bond acceptors (Lipinski definition) is 2. The Morgan fingerprint density at radius 3 is 2.46 bits per heavy atom. The lowest BCUT2D eigenvalue weighted by Gasteiger charge is -2.18. The minimum absolute atomic E-state index is 0.0222. The fourth-order valence-corrected chi connectivity index (χ4v) is 1.35. The highest BCUT2D eigenvalue weighted by molar-refractivity contribution is 5.25. The summed E-state index contributed by atoms with van der Waals surface area (Å²) in [5.41, 5.74) is 6.83. The Hall–Kier alpha value is -1.12. The summed E-state index contributed by atoms with van der Waals surface area (Å²) in [4.78, 5) is 0. The van der Waals surface area contributed by atoms with Gasteiger partial charge in [-0.05, 0) is 5.56 Å². The second kappa shape index (κ2) is 4.80. The predicted molar refractivity (Wildman–Crippen MR) is 54.4 cm³/mol. The van der Waals surface area contributed by atoms with Crippen molar-refractivity contribution in [3.63, 3.8) is 0 Å². The molecule has 0 unspecified atom stereocenters. The van der Waals surface area contributed by atoms with Crippen LogP contribution in [-0.2, 0) is 0 Å². The minimum atomic E-state index is -0.264. The van der Waals surface area contributed by atoms with Gasteiger partial charge in [-0.1, -0.05) is 36.4 Å². The largest absolute Gasteiger partial charge is 0.395 e. The first-order chi connectivity index (χ1) is 6.29. The standard InChI is InChI=1S/C11H15NO/c1-2-10(11(12)8-13)9-6-4-3-5-7-9/h2-7,10-11,13H,1,8,12H2/t10-,11-/m1/s1. The number of nitrogens with two attached hydrogens (primary N) is 1. The van der Waals surface area contributed by atoms with Gasteiger partial charge in [0.25, 0.3) is 0 Å². The molecule has 3 N–H and O–H groups in total. The maximum atomic E-state index is 8.92. The highest BCUT2D eigenvalue weighted by atomic mass is 16.3. The quantitative estimate of drug-likeness (QED) is 0.680. The van der Waals surface area contributed by atoms with Crippen LogP contribution in [0, 0.1) is 0 Å². The van der Waals surface area contributed by atoms with Gasteiger partial charge in [-0.2, -0.15) is 0 Å². The van der Waals surface area contributed by atoms with Crippen LogP contribution in [0.15, 0.2) is 43.0 Å². The van der Waals surface area contributed by atoms with Gasteiger partial charge in [0.05, 0.1) is 6.61 Å². The molecular weight excluding hydrogens is 162 g/mol. The van der Waals surface area contributed by atoms with E-state index in [2.05, 4.69) is 6.58 Å². The molecule has 0 spiro atoms. The van der Waals surface area contributed by atoms with Crippen molar-refractivity contribution in [2.75, 3.05) is 6.61 Å². The maximum Gasteiger partial charge on any atom is 0.0591 e. The summed E-state index contributed by atoms with van der Waals surface area (Å²) in [6.07, 6.45) is 1.77. The molecule has 0 fully saturated rings. The lowest BCUT2D eigenvalue weighted by Crippen LogP contribution is -2.30. The SMILES string of the molecule is C=C[C@H](c1ccccc1)[C@H](N)CO. The molecular formula is C11H15NO. The summed E-state index contributed by atoms with van der Waals surface area (Å²) in [5, 5.41) is 8.92. The Balaban J connectivity index is 2.84. The average molecular weight is 177 g/mol. The van der Waals surface area contributed by atoms with Crippen molar-refractivity contribution in [2.45, 2.75) is 12.0 Å². The molecule has 0 aliphatic heterocycles. The zero-order valence-electron chi connectivity index (χ0n) is 7.56. The number of aliphatic hydroxyl groups is 1. The Labute approximate surface area is 78.7 Å². The van der Waals surface area contributed by atoms with Crippen LogP contribution in [0.4, 0.5) is 0 Å². The monoisotopic (exact) mass is 177 g/mol. The third-order valence-corrected chi connectivity index (χ3v) is 2.11. The van der Waals surface area contributed by atoms with Crippen molar-refractivity contribution in [1.29, 1.82) is 0 Å². The van der Waals surface area contributed by atoms with Crippen LogP contribution in [0.3, 0.4) is 0 Å². The van der Waals surface area contributed by atoms with Crippen molar-refractivity contribution in [1.82, 2.24) is 0 Å². The molecule has 1 rings (SSSR count). The zero-order valence-corrected chi connectivity index (χ0v) is 7.56. The van der Waals surface area contributed by atoms with E-state index in [0.29, 0.717) is 0 Å². The van der Waals surface area contributed by atoms with Gasteiger partial charge in [-0.3, -0.25) is 0 Å². The molecule has 70 valence electrons. The molecule has 0 bridgehead atoms. The van der Waals surface area contributed by atoms with Crippen molar-refractivity contribution in [2.24, 2.45) is 5.73 Å². The van der Waals surface area contributed by atoms with Gasteiger partial charge in [0.1, 0.15) is 0 Å². The van der Waals surface area contributed by atoms with E-state index in [1.807, 2.05) is 30.3 Å². The molecule has 0 saturated heterocycles. The maximum absolute atomic E-state index is 8.92. The van der Waals surface area contributed by atoms with Crippen molar-refractivity contribution in [3.8, 4) is 0 Å². The Morgan fingerprint density at radius 1 is 1.38 bits per heavy atom. The molecule has 0 aliphatic carbocycles. The summed E-state index contributed by atoms with van der Waals surface area (Å²) < 4.78 is 0. The Bertz CT molecular complexity index is 258. The van der Waals surface area contributed by atoms with Crippen LogP contribution in [0.5, 0.6) is 0 Å². The first-order valence-electron chi connectivity index (χ1n) is 4.33. The molecule has 0 aromatic heterocycles. The van der Waals surface area contributed by atoms with Crippen molar-refractivity contribution < 1.29 is 5.11 Å². The van der Waals surface area contributed by atoms with Gasteiger partial charge in [0, 0.05) is 12.0 Å². The summed E-state index contributed by atoms with van der Waals surface area (Å²) in [5.74, 6) is 0.0335. The molecule has 0 heterocycles. The molecule has 2 nitrogen and oxygen atoms in total. The second-order valence-electron chi connectivity index (χ2n) is 3.02. The third-order valence-electron chi connectivity index (χ3n) is 2.11. The predicted octanol–water partition coefficient (Wildman–Crippen LogP) is 1.28. The van der Waals surface area contributed by atoms with Crippen molar-refractivity contribution >= 4 is 0 Å².